The molecule has 1 aromatic heterocycles. The van der Waals surface area contributed by atoms with Crippen LogP contribution in [0.5, 0.6) is 0 Å². The number of hydrogen-bond acceptors (Lipinski definition) is 2. The summed E-state index contributed by atoms with van der Waals surface area (Å²) in [6.07, 6.45) is 3.38. The number of hydrogen-bond donors (Lipinski definition) is 1. The van der Waals surface area contributed by atoms with Gasteiger partial charge in [0.05, 0.1) is 4.47 Å². The summed E-state index contributed by atoms with van der Waals surface area (Å²) in [5, 5.41) is 0. The van der Waals surface area contributed by atoms with Gasteiger partial charge in [0, 0.05) is 24.0 Å². The van der Waals surface area contributed by atoms with Gasteiger partial charge in [-0.25, -0.2) is 8.78 Å². The first-order chi connectivity index (χ1) is 9.00. The number of halogens is 3. The van der Waals surface area contributed by atoms with Crippen LogP contribution in [0.2, 0.25) is 0 Å². The zero-order valence-corrected chi connectivity index (χ0v) is 11.9. The molecule has 2 nitrogen and oxygen atoms in total. The molecule has 100 valence electrons. The third-order valence-electron chi connectivity index (χ3n) is 3.04. The second kappa shape index (κ2) is 5.75. The fraction of sp³-hybridized carbons (Fsp3) is 0.214. The normalized spacial score (nSPS) is 12.5. The first-order valence-corrected chi connectivity index (χ1v) is 6.58. The fourth-order valence-electron chi connectivity index (χ4n) is 1.95. The second-order valence-corrected chi connectivity index (χ2v) is 5.22. The molecule has 1 unspecified atom stereocenters. The molecule has 0 aliphatic heterocycles. The zero-order valence-electron chi connectivity index (χ0n) is 10.3. The lowest BCUT2D eigenvalue weighted by atomic mass is 9.97. The third kappa shape index (κ3) is 2.98. The highest BCUT2D eigenvalue weighted by Gasteiger charge is 2.17. The average Bonchev–Trinajstić information content (AvgIpc) is 2.39. The van der Waals surface area contributed by atoms with Crippen LogP contribution in [0.15, 0.2) is 35.1 Å². The second-order valence-electron chi connectivity index (χ2n) is 4.36. The molecular formula is C14H13BrF2N2. The maximum absolute atomic E-state index is 13.9. The molecule has 1 aromatic carbocycles. The van der Waals surface area contributed by atoms with Gasteiger partial charge in [-0.2, -0.15) is 0 Å². The number of nitrogens with zero attached hydrogens (tertiary/aromatic N) is 1. The summed E-state index contributed by atoms with van der Waals surface area (Å²) >= 11 is 3.05. The number of benzene rings is 1. The van der Waals surface area contributed by atoms with Crippen molar-refractivity contribution in [1.29, 1.82) is 0 Å². The van der Waals surface area contributed by atoms with E-state index in [0.717, 1.165) is 11.1 Å². The van der Waals surface area contributed by atoms with E-state index in [-0.39, 0.29) is 16.5 Å². The highest BCUT2D eigenvalue weighted by atomic mass is 79.9. The van der Waals surface area contributed by atoms with E-state index in [1.165, 1.54) is 12.1 Å². The molecule has 2 aromatic rings. The van der Waals surface area contributed by atoms with Crippen LogP contribution in [-0.2, 0) is 6.42 Å². The minimum Gasteiger partial charge on any atom is -0.324 e. The highest BCUT2D eigenvalue weighted by molar-refractivity contribution is 9.10. The lowest BCUT2D eigenvalue weighted by Crippen LogP contribution is -2.16. The summed E-state index contributed by atoms with van der Waals surface area (Å²) in [5.74, 6) is -1.19. The Morgan fingerprint density at radius 2 is 2.05 bits per heavy atom. The summed E-state index contributed by atoms with van der Waals surface area (Å²) in [4.78, 5) is 3.99. The Labute approximate surface area is 118 Å². The molecule has 5 heteroatoms. The first-order valence-electron chi connectivity index (χ1n) is 5.79. The van der Waals surface area contributed by atoms with Crippen LogP contribution in [0.4, 0.5) is 8.78 Å². The monoisotopic (exact) mass is 326 g/mol. The van der Waals surface area contributed by atoms with Gasteiger partial charge in [0.2, 0.25) is 0 Å². The van der Waals surface area contributed by atoms with E-state index < -0.39 is 17.7 Å². The van der Waals surface area contributed by atoms with Crippen molar-refractivity contribution in [2.24, 2.45) is 5.73 Å². The molecule has 0 saturated heterocycles. The van der Waals surface area contributed by atoms with Gasteiger partial charge in [-0.05, 0) is 58.6 Å². The van der Waals surface area contributed by atoms with Gasteiger partial charge < -0.3 is 5.73 Å². The predicted octanol–water partition coefficient (Wildman–Crippen LogP) is 3.67. The van der Waals surface area contributed by atoms with Crippen molar-refractivity contribution in [2.75, 3.05) is 0 Å². The smallest absolute Gasteiger partial charge is 0.143 e. The summed E-state index contributed by atoms with van der Waals surface area (Å²) in [6, 6.07) is 3.90. The van der Waals surface area contributed by atoms with Crippen molar-refractivity contribution >= 4 is 15.9 Å². The Kier molecular flexibility index (Phi) is 4.27. The maximum Gasteiger partial charge on any atom is 0.143 e. The molecular weight excluding hydrogens is 314 g/mol. The largest absolute Gasteiger partial charge is 0.324 e. The van der Waals surface area contributed by atoms with Crippen LogP contribution >= 0.6 is 15.9 Å². The predicted molar refractivity (Wildman–Crippen MR) is 73.7 cm³/mol. The topological polar surface area (TPSA) is 38.9 Å². The van der Waals surface area contributed by atoms with Crippen molar-refractivity contribution in [2.45, 2.75) is 19.4 Å². The van der Waals surface area contributed by atoms with E-state index in [4.69, 9.17) is 5.73 Å². The maximum atomic E-state index is 13.9. The summed E-state index contributed by atoms with van der Waals surface area (Å²) in [7, 11) is 0. The third-order valence-corrected chi connectivity index (χ3v) is 3.65. The van der Waals surface area contributed by atoms with E-state index in [0.29, 0.717) is 0 Å². The van der Waals surface area contributed by atoms with Gasteiger partial charge in [0.25, 0.3) is 0 Å². The number of aryl methyl sites for hydroxylation is 1. The fourth-order valence-corrected chi connectivity index (χ4v) is 2.32. The quantitative estimate of drug-likeness (QED) is 0.874. The number of pyridine rings is 1. The number of nitrogens with two attached hydrogens (primary N) is 1. The van der Waals surface area contributed by atoms with Gasteiger partial charge >= 0.3 is 0 Å². The van der Waals surface area contributed by atoms with Crippen molar-refractivity contribution < 1.29 is 8.78 Å². The van der Waals surface area contributed by atoms with Gasteiger partial charge in [0.15, 0.2) is 0 Å². The Hall–Kier alpha value is -1.33. The molecule has 0 radical (unpaired) electrons. The van der Waals surface area contributed by atoms with Crippen LogP contribution in [0.1, 0.15) is 22.7 Å². The molecule has 19 heavy (non-hydrogen) atoms. The van der Waals surface area contributed by atoms with Crippen LogP contribution in [0.25, 0.3) is 0 Å². The molecule has 0 spiro atoms. The van der Waals surface area contributed by atoms with Crippen molar-refractivity contribution in [3.63, 3.8) is 0 Å². The Morgan fingerprint density at radius 1 is 1.32 bits per heavy atom. The zero-order chi connectivity index (χ0) is 14.0. The molecule has 2 N–H and O–H groups in total. The lowest BCUT2D eigenvalue weighted by Gasteiger charge is -2.15. The average molecular weight is 327 g/mol. The number of rotatable bonds is 3. The van der Waals surface area contributed by atoms with Gasteiger partial charge in [-0.15, -0.1) is 0 Å². The van der Waals surface area contributed by atoms with Crippen LogP contribution in [0.3, 0.4) is 0 Å². The van der Waals surface area contributed by atoms with E-state index in [1.807, 2.05) is 13.0 Å². The number of aromatic nitrogens is 1. The van der Waals surface area contributed by atoms with Crippen LogP contribution in [-0.4, -0.2) is 4.98 Å². The van der Waals surface area contributed by atoms with Crippen LogP contribution < -0.4 is 5.73 Å². The summed E-state index contributed by atoms with van der Waals surface area (Å²) in [6.45, 7) is 1.89. The Balaban J connectivity index is 2.32. The van der Waals surface area contributed by atoms with Crippen molar-refractivity contribution in [3.05, 3.63) is 63.4 Å². The molecule has 1 heterocycles. The van der Waals surface area contributed by atoms with E-state index in [2.05, 4.69) is 20.9 Å². The molecule has 0 amide bonds. The van der Waals surface area contributed by atoms with E-state index in [9.17, 15) is 8.78 Å². The van der Waals surface area contributed by atoms with Crippen molar-refractivity contribution in [3.8, 4) is 0 Å². The molecule has 0 saturated carbocycles. The molecule has 0 aliphatic carbocycles. The van der Waals surface area contributed by atoms with E-state index >= 15 is 0 Å². The summed E-state index contributed by atoms with van der Waals surface area (Å²) < 4.78 is 27.8. The minimum absolute atomic E-state index is 0.00914. The Bertz CT molecular complexity index is 602. The van der Waals surface area contributed by atoms with Gasteiger partial charge in [-0.3, -0.25) is 4.98 Å². The Morgan fingerprint density at radius 3 is 2.74 bits per heavy atom. The standard InChI is InChI=1S/C14H13BrF2N2/c1-8-4-5-19-7-10(8)13(18)6-9-12(16)3-2-11(15)14(9)17/h2-5,7,13H,6,18H2,1H3. The highest BCUT2D eigenvalue weighted by Crippen LogP contribution is 2.26. The molecule has 0 bridgehead atoms. The summed E-state index contributed by atoms with van der Waals surface area (Å²) in [5.41, 5.74) is 7.77. The molecule has 0 fully saturated rings. The molecule has 1 atom stereocenters. The van der Waals surface area contributed by atoms with Crippen LogP contribution in [0, 0.1) is 18.6 Å². The van der Waals surface area contributed by atoms with E-state index in [1.54, 1.807) is 12.4 Å². The first kappa shape index (κ1) is 14.1. The van der Waals surface area contributed by atoms with Gasteiger partial charge in [0.1, 0.15) is 11.6 Å². The van der Waals surface area contributed by atoms with Crippen molar-refractivity contribution in [1.82, 2.24) is 4.98 Å². The van der Waals surface area contributed by atoms with Gasteiger partial charge in [-0.1, -0.05) is 0 Å². The molecule has 0 aliphatic rings. The SMILES string of the molecule is Cc1ccncc1C(N)Cc1c(F)ccc(Br)c1F. The lowest BCUT2D eigenvalue weighted by molar-refractivity contribution is 0.535. The molecule has 2 rings (SSSR count). The minimum atomic E-state index is -0.600.